The SMILES string of the molecule is Cc1ccc(-n2c(=O)[nH]c3c(C(=O)N4CCCC(C)C4)cn(C)c3c2=O)cc1. The maximum absolute atomic E-state index is 13.1. The van der Waals surface area contributed by atoms with Crippen molar-refractivity contribution in [3.63, 3.8) is 0 Å². The van der Waals surface area contributed by atoms with Gasteiger partial charge in [0.2, 0.25) is 0 Å². The van der Waals surface area contributed by atoms with Crippen LogP contribution in [0.1, 0.15) is 35.7 Å². The summed E-state index contributed by atoms with van der Waals surface area (Å²) >= 11 is 0. The molecule has 0 bridgehead atoms. The second kappa shape index (κ2) is 6.82. The van der Waals surface area contributed by atoms with Gasteiger partial charge in [0, 0.05) is 26.3 Å². The summed E-state index contributed by atoms with van der Waals surface area (Å²) in [6.07, 6.45) is 3.72. The number of aryl methyl sites for hydroxylation is 2. The van der Waals surface area contributed by atoms with Crippen molar-refractivity contribution in [2.45, 2.75) is 26.7 Å². The molecule has 1 saturated heterocycles. The zero-order valence-electron chi connectivity index (χ0n) is 16.4. The van der Waals surface area contributed by atoms with Gasteiger partial charge >= 0.3 is 5.69 Å². The van der Waals surface area contributed by atoms with Crippen LogP contribution in [-0.4, -0.2) is 38.0 Å². The van der Waals surface area contributed by atoms with E-state index in [0.29, 0.717) is 41.3 Å². The van der Waals surface area contributed by atoms with E-state index in [1.165, 1.54) is 0 Å². The molecule has 1 atom stereocenters. The van der Waals surface area contributed by atoms with Crippen molar-refractivity contribution >= 4 is 16.9 Å². The second-order valence-corrected chi connectivity index (χ2v) is 7.78. The van der Waals surface area contributed by atoms with Crippen molar-refractivity contribution in [1.82, 2.24) is 19.0 Å². The Kier molecular flexibility index (Phi) is 4.45. The summed E-state index contributed by atoms with van der Waals surface area (Å²) in [7, 11) is 1.72. The zero-order chi connectivity index (χ0) is 20.0. The molecule has 4 rings (SSSR count). The summed E-state index contributed by atoms with van der Waals surface area (Å²) in [6, 6.07) is 7.18. The van der Waals surface area contributed by atoms with E-state index in [0.717, 1.165) is 23.0 Å². The molecule has 0 saturated carbocycles. The summed E-state index contributed by atoms with van der Waals surface area (Å²) in [5.41, 5.74) is 1.55. The number of hydrogen-bond donors (Lipinski definition) is 1. The fourth-order valence-corrected chi connectivity index (χ4v) is 4.01. The molecule has 1 fully saturated rings. The van der Waals surface area contributed by atoms with E-state index in [-0.39, 0.29) is 5.91 Å². The third kappa shape index (κ3) is 2.96. The van der Waals surface area contributed by atoms with Crippen molar-refractivity contribution in [2.24, 2.45) is 13.0 Å². The molecule has 1 aliphatic heterocycles. The van der Waals surface area contributed by atoms with Gasteiger partial charge in [0.1, 0.15) is 5.52 Å². The summed E-state index contributed by atoms with van der Waals surface area (Å²) in [6.45, 7) is 5.46. The standard InChI is InChI=1S/C21H24N4O3/c1-13-6-8-15(9-7-13)25-20(27)18-17(22-21(25)28)16(12-23(18)3)19(26)24-10-4-5-14(2)11-24/h6-9,12,14H,4-5,10-11H2,1-3H3,(H,22,28). The number of carbonyl (C=O) groups is 1. The number of amides is 1. The maximum atomic E-state index is 13.1. The molecule has 2 aromatic heterocycles. The van der Waals surface area contributed by atoms with Crippen LogP contribution in [0.3, 0.4) is 0 Å². The van der Waals surface area contributed by atoms with Gasteiger partial charge in [0.25, 0.3) is 11.5 Å². The molecule has 7 heteroatoms. The minimum Gasteiger partial charge on any atom is -0.344 e. The van der Waals surface area contributed by atoms with Gasteiger partial charge in [-0.05, 0) is 37.8 Å². The van der Waals surface area contributed by atoms with Gasteiger partial charge < -0.3 is 14.5 Å². The first kappa shape index (κ1) is 18.3. The van der Waals surface area contributed by atoms with Crippen LogP contribution in [-0.2, 0) is 7.05 Å². The second-order valence-electron chi connectivity index (χ2n) is 7.78. The zero-order valence-corrected chi connectivity index (χ0v) is 16.4. The van der Waals surface area contributed by atoms with E-state index in [1.807, 2.05) is 24.0 Å². The number of rotatable bonds is 2. The van der Waals surface area contributed by atoms with Crippen LogP contribution in [0.4, 0.5) is 0 Å². The number of hydrogen-bond acceptors (Lipinski definition) is 3. The molecule has 1 N–H and O–H groups in total. The number of H-pyrrole nitrogens is 1. The molecule has 146 valence electrons. The fourth-order valence-electron chi connectivity index (χ4n) is 4.01. The maximum Gasteiger partial charge on any atom is 0.333 e. The first-order valence-corrected chi connectivity index (χ1v) is 9.57. The number of carbonyl (C=O) groups excluding carboxylic acids is 1. The van der Waals surface area contributed by atoms with Crippen molar-refractivity contribution in [2.75, 3.05) is 13.1 Å². The Balaban J connectivity index is 1.86. The van der Waals surface area contributed by atoms with Crippen LogP contribution in [0.2, 0.25) is 0 Å². The summed E-state index contributed by atoms with van der Waals surface area (Å²) in [5, 5.41) is 0. The van der Waals surface area contributed by atoms with Crippen molar-refractivity contribution < 1.29 is 4.79 Å². The van der Waals surface area contributed by atoms with Crippen LogP contribution >= 0.6 is 0 Å². The molecule has 1 aromatic carbocycles. The van der Waals surface area contributed by atoms with Crippen molar-refractivity contribution in [3.05, 3.63) is 62.4 Å². The molecule has 28 heavy (non-hydrogen) atoms. The van der Waals surface area contributed by atoms with E-state index >= 15 is 0 Å². The minimum absolute atomic E-state index is 0.139. The first-order chi connectivity index (χ1) is 13.4. The lowest BCUT2D eigenvalue weighted by Gasteiger charge is -2.30. The lowest BCUT2D eigenvalue weighted by atomic mass is 10.00. The summed E-state index contributed by atoms with van der Waals surface area (Å²) < 4.78 is 2.73. The molecule has 0 radical (unpaired) electrons. The molecule has 1 unspecified atom stereocenters. The number of likely N-dealkylation sites (tertiary alicyclic amines) is 1. The quantitative estimate of drug-likeness (QED) is 0.740. The lowest BCUT2D eigenvalue weighted by Crippen LogP contribution is -2.39. The Morgan fingerprint density at radius 1 is 1.18 bits per heavy atom. The molecule has 7 nitrogen and oxygen atoms in total. The van der Waals surface area contributed by atoms with Gasteiger partial charge in [0.05, 0.1) is 16.8 Å². The number of fused-ring (bicyclic) bond motifs is 1. The van der Waals surface area contributed by atoms with Crippen LogP contribution in [0, 0.1) is 12.8 Å². The number of aromatic nitrogens is 3. The monoisotopic (exact) mass is 380 g/mol. The topological polar surface area (TPSA) is 80.1 Å². The summed E-state index contributed by atoms with van der Waals surface area (Å²) in [5.74, 6) is 0.311. The van der Waals surface area contributed by atoms with E-state index in [4.69, 9.17) is 0 Å². The highest BCUT2D eigenvalue weighted by Gasteiger charge is 2.26. The molecular formula is C21H24N4O3. The van der Waals surface area contributed by atoms with E-state index in [9.17, 15) is 14.4 Å². The van der Waals surface area contributed by atoms with Gasteiger partial charge in [-0.2, -0.15) is 0 Å². The molecular weight excluding hydrogens is 356 g/mol. The van der Waals surface area contributed by atoms with Gasteiger partial charge in [-0.1, -0.05) is 24.6 Å². The number of piperidine rings is 1. The van der Waals surface area contributed by atoms with Crippen molar-refractivity contribution in [1.29, 1.82) is 0 Å². The Morgan fingerprint density at radius 3 is 2.57 bits per heavy atom. The predicted molar refractivity (Wildman–Crippen MR) is 108 cm³/mol. The van der Waals surface area contributed by atoms with E-state index in [1.54, 1.807) is 29.9 Å². The summed E-state index contributed by atoms with van der Waals surface area (Å²) in [4.78, 5) is 43.5. The molecule has 1 aliphatic rings. The lowest BCUT2D eigenvalue weighted by molar-refractivity contribution is 0.0684. The highest BCUT2D eigenvalue weighted by molar-refractivity contribution is 6.05. The molecule has 0 aliphatic carbocycles. The van der Waals surface area contributed by atoms with E-state index in [2.05, 4.69) is 11.9 Å². The number of nitrogens with zero attached hydrogens (tertiary/aromatic N) is 3. The number of nitrogens with one attached hydrogen (secondary N) is 1. The Morgan fingerprint density at radius 2 is 1.89 bits per heavy atom. The van der Waals surface area contributed by atoms with Gasteiger partial charge in [-0.15, -0.1) is 0 Å². The number of aromatic amines is 1. The van der Waals surface area contributed by atoms with Gasteiger partial charge in [-0.3, -0.25) is 9.59 Å². The third-order valence-corrected chi connectivity index (χ3v) is 5.49. The Bertz CT molecular complexity index is 1170. The average molecular weight is 380 g/mol. The van der Waals surface area contributed by atoms with Crippen LogP contribution < -0.4 is 11.2 Å². The number of benzene rings is 1. The van der Waals surface area contributed by atoms with Crippen LogP contribution in [0.25, 0.3) is 16.7 Å². The van der Waals surface area contributed by atoms with Crippen LogP contribution in [0.15, 0.2) is 40.1 Å². The molecule has 3 aromatic rings. The van der Waals surface area contributed by atoms with E-state index < -0.39 is 11.2 Å². The Hall–Kier alpha value is -3.09. The largest absolute Gasteiger partial charge is 0.344 e. The molecule has 1 amide bonds. The fraction of sp³-hybridized carbons (Fsp3) is 0.381. The average Bonchev–Trinajstić information content (AvgIpc) is 2.99. The third-order valence-electron chi connectivity index (χ3n) is 5.49. The minimum atomic E-state index is -0.548. The van der Waals surface area contributed by atoms with Crippen molar-refractivity contribution in [3.8, 4) is 5.69 Å². The van der Waals surface area contributed by atoms with Crippen LogP contribution in [0.5, 0.6) is 0 Å². The molecule has 0 spiro atoms. The highest BCUT2D eigenvalue weighted by Crippen LogP contribution is 2.21. The first-order valence-electron chi connectivity index (χ1n) is 9.57. The van der Waals surface area contributed by atoms with Gasteiger partial charge in [-0.25, -0.2) is 9.36 Å². The normalized spacial score (nSPS) is 17.2. The smallest absolute Gasteiger partial charge is 0.333 e. The van der Waals surface area contributed by atoms with Gasteiger partial charge in [0.15, 0.2) is 0 Å². The Labute approximate surface area is 162 Å². The predicted octanol–water partition coefficient (Wildman–Crippen LogP) is 2.20. The highest BCUT2D eigenvalue weighted by atomic mass is 16.2. The molecule has 3 heterocycles.